The first-order valence-corrected chi connectivity index (χ1v) is 8.34. The van der Waals surface area contributed by atoms with Gasteiger partial charge in [0.2, 0.25) is 0 Å². The molecule has 0 spiro atoms. The predicted octanol–water partition coefficient (Wildman–Crippen LogP) is 1.29. The van der Waals surface area contributed by atoms with Crippen molar-refractivity contribution in [2.24, 2.45) is 0 Å². The lowest BCUT2D eigenvalue weighted by Gasteiger charge is -2.27. The molecule has 25 heavy (non-hydrogen) atoms. The maximum absolute atomic E-state index is 12.2. The Kier molecular flexibility index (Phi) is 5.79. The van der Waals surface area contributed by atoms with Crippen molar-refractivity contribution in [3.63, 3.8) is 0 Å². The number of carbonyl (C=O) groups is 1. The van der Waals surface area contributed by atoms with Crippen LogP contribution in [-0.4, -0.2) is 56.1 Å². The summed E-state index contributed by atoms with van der Waals surface area (Å²) in [6.07, 6.45) is 0.745. The number of aromatic nitrogens is 2. The van der Waals surface area contributed by atoms with Crippen LogP contribution in [-0.2, 0) is 11.2 Å². The largest absolute Gasteiger partial charge is 0.497 e. The highest BCUT2D eigenvalue weighted by atomic mass is 16.5. The average molecular weight is 342 g/mol. The van der Waals surface area contributed by atoms with Gasteiger partial charge in [-0.2, -0.15) is 0 Å². The van der Waals surface area contributed by atoms with E-state index in [9.17, 15) is 4.79 Å². The summed E-state index contributed by atoms with van der Waals surface area (Å²) in [5.74, 6) is 1.39. The van der Waals surface area contributed by atoms with E-state index in [1.807, 2.05) is 30.3 Å². The summed E-state index contributed by atoms with van der Waals surface area (Å²) in [6.45, 7) is 3.51. The first-order chi connectivity index (χ1) is 12.3. The zero-order valence-electron chi connectivity index (χ0n) is 14.3. The van der Waals surface area contributed by atoms with Crippen molar-refractivity contribution < 1.29 is 14.3 Å². The van der Waals surface area contributed by atoms with Crippen LogP contribution in [0.15, 0.2) is 36.4 Å². The van der Waals surface area contributed by atoms with Crippen molar-refractivity contribution >= 4 is 11.7 Å². The van der Waals surface area contributed by atoms with E-state index in [-0.39, 0.29) is 5.91 Å². The van der Waals surface area contributed by atoms with Crippen LogP contribution in [0.2, 0.25) is 0 Å². The second-order valence-corrected chi connectivity index (χ2v) is 5.73. The van der Waals surface area contributed by atoms with Crippen molar-refractivity contribution in [1.29, 1.82) is 0 Å². The summed E-state index contributed by atoms with van der Waals surface area (Å²) >= 11 is 0. The minimum Gasteiger partial charge on any atom is -0.497 e. The van der Waals surface area contributed by atoms with E-state index in [1.165, 1.54) is 0 Å². The maximum atomic E-state index is 12.2. The number of hydrogen-bond acceptors (Lipinski definition) is 6. The second kappa shape index (κ2) is 8.43. The van der Waals surface area contributed by atoms with Gasteiger partial charge in [0.05, 0.1) is 20.3 Å². The lowest BCUT2D eigenvalue weighted by atomic mass is 10.1. The van der Waals surface area contributed by atoms with Gasteiger partial charge < -0.3 is 19.7 Å². The van der Waals surface area contributed by atoms with Gasteiger partial charge in [-0.1, -0.05) is 12.1 Å². The molecule has 1 fully saturated rings. The smallest absolute Gasteiger partial charge is 0.271 e. The third-order valence-corrected chi connectivity index (χ3v) is 4.08. The van der Waals surface area contributed by atoms with E-state index >= 15 is 0 Å². The first kappa shape index (κ1) is 17.2. The topological polar surface area (TPSA) is 76.6 Å². The van der Waals surface area contributed by atoms with E-state index in [2.05, 4.69) is 20.4 Å². The van der Waals surface area contributed by atoms with Crippen molar-refractivity contribution in [2.75, 3.05) is 44.9 Å². The zero-order chi connectivity index (χ0) is 17.5. The lowest BCUT2D eigenvalue weighted by molar-refractivity contribution is 0.0948. The molecule has 1 aromatic carbocycles. The number of anilines is 1. The molecule has 7 nitrogen and oxygen atoms in total. The molecule has 132 valence electrons. The van der Waals surface area contributed by atoms with Crippen LogP contribution in [0, 0.1) is 0 Å². The van der Waals surface area contributed by atoms with Gasteiger partial charge in [-0.25, -0.2) is 0 Å². The van der Waals surface area contributed by atoms with Gasteiger partial charge >= 0.3 is 0 Å². The van der Waals surface area contributed by atoms with Crippen LogP contribution < -0.4 is 15.0 Å². The van der Waals surface area contributed by atoms with Gasteiger partial charge in [-0.3, -0.25) is 4.79 Å². The molecule has 0 radical (unpaired) electrons. The SMILES string of the molecule is COc1ccc(CCNC(=O)c2ccc(N3CCOCC3)nn2)cc1. The number of carbonyl (C=O) groups excluding carboxylic acids is 1. The van der Waals surface area contributed by atoms with Gasteiger partial charge in [0.1, 0.15) is 5.75 Å². The Morgan fingerprint density at radius 2 is 1.92 bits per heavy atom. The van der Waals surface area contributed by atoms with E-state index in [0.717, 1.165) is 36.6 Å². The zero-order valence-corrected chi connectivity index (χ0v) is 14.3. The number of amides is 1. The summed E-state index contributed by atoms with van der Waals surface area (Å²) in [5, 5.41) is 11.1. The second-order valence-electron chi connectivity index (χ2n) is 5.73. The Hall–Kier alpha value is -2.67. The molecule has 1 aliphatic rings. The number of hydrogen-bond donors (Lipinski definition) is 1. The quantitative estimate of drug-likeness (QED) is 0.853. The number of ether oxygens (including phenoxy) is 2. The molecule has 0 atom stereocenters. The normalized spacial score (nSPS) is 14.2. The third kappa shape index (κ3) is 4.67. The molecule has 1 amide bonds. The molecule has 2 aromatic rings. The molecule has 1 N–H and O–H groups in total. The first-order valence-electron chi connectivity index (χ1n) is 8.34. The molecule has 2 heterocycles. The van der Waals surface area contributed by atoms with Crippen LogP contribution in [0.25, 0.3) is 0 Å². The van der Waals surface area contributed by atoms with E-state index in [4.69, 9.17) is 9.47 Å². The van der Waals surface area contributed by atoms with Gasteiger partial charge in [-0.15, -0.1) is 10.2 Å². The minimum atomic E-state index is -0.213. The minimum absolute atomic E-state index is 0.213. The predicted molar refractivity (Wildman–Crippen MR) is 94.1 cm³/mol. The standard InChI is InChI=1S/C18H22N4O3/c1-24-15-4-2-14(3-5-15)8-9-19-18(23)16-6-7-17(21-20-16)22-10-12-25-13-11-22/h2-7H,8-13H2,1H3,(H,19,23). The Balaban J connectivity index is 1.48. The Labute approximate surface area is 147 Å². The molecule has 1 aliphatic heterocycles. The monoisotopic (exact) mass is 342 g/mol. The highest BCUT2D eigenvalue weighted by Crippen LogP contribution is 2.12. The lowest BCUT2D eigenvalue weighted by Crippen LogP contribution is -2.37. The molecule has 7 heteroatoms. The number of methoxy groups -OCH3 is 1. The summed E-state index contributed by atoms with van der Waals surface area (Å²) in [6, 6.07) is 11.3. The van der Waals surface area contributed by atoms with Crippen molar-refractivity contribution in [2.45, 2.75) is 6.42 Å². The van der Waals surface area contributed by atoms with Crippen LogP contribution in [0.1, 0.15) is 16.1 Å². The van der Waals surface area contributed by atoms with Crippen LogP contribution in [0.5, 0.6) is 5.75 Å². The maximum Gasteiger partial charge on any atom is 0.271 e. The summed E-state index contributed by atoms with van der Waals surface area (Å²) < 4.78 is 10.4. The van der Waals surface area contributed by atoms with Crippen molar-refractivity contribution in [3.05, 3.63) is 47.7 Å². The van der Waals surface area contributed by atoms with Crippen LogP contribution in [0.4, 0.5) is 5.82 Å². The summed E-state index contributed by atoms with van der Waals surface area (Å²) in [7, 11) is 1.64. The highest BCUT2D eigenvalue weighted by molar-refractivity contribution is 5.92. The van der Waals surface area contributed by atoms with Gasteiger partial charge in [-0.05, 0) is 36.2 Å². The third-order valence-electron chi connectivity index (χ3n) is 4.08. The van der Waals surface area contributed by atoms with Gasteiger partial charge in [0.15, 0.2) is 11.5 Å². The Morgan fingerprint density at radius 1 is 1.16 bits per heavy atom. The fraction of sp³-hybridized carbons (Fsp3) is 0.389. The number of nitrogens with one attached hydrogen (secondary N) is 1. The van der Waals surface area contributed by atoms with Gasteiger partial charge in [0.25, 0.3) is 5.91 Å². The Morgan fingerprint density at radius 3 is 2.56 bits per heavy atom. The summed E-state index contributed by atoms with van der Waals surface area (Å²) in [4.78, 5) is 14.3. The molecule has 1 aromatic heterocycles. The molecule has 0 saturated carbocycles. The number of benzene rings is 1. The Bertz CT molecular complexity index is 682. The number of nitrogens with zero attached hydrogens (tertiary/aromatic N) is 3. The molecule has 0 aliphatic carbocycles. The van der Waals surface area contributed by atoms with E-state index in [1.54, 1.807) is 13.2 Å². The molecule has 3 rings (SSSR count). The molecular weight excluding hydrogens is 320 g/mol. The molecule has 1 saturated heterocycles. The average Bonchev–Trinajstić information content (AvgIpc) is 2.69. The molecule has 0 unspecified atom stereocenters. The fourth-order valence-corrected chi connectivity index (χ4v) is 2.61. The van der Waals surface area contributed by atoms with Gasteiger partial charge in [0, 0.05) is 19.6 Å². The number of morpholine rings is 1. The van der Waals surface area contributed by atoms with E-state index in [0.29, 0.717) is 25.5 Å². The number of rotatable bonds is 6. The van der Waals surface area contributed by atoms with Crippen molar-refractivity contribution in [1.82, 2.24) is 15.5 Å². The molecular formula is C18H22N4O3. The van der Waals surface area contributed by atoms with Crippen molar-refractivity contribution in [3.8, 4) is 5.75 Å². The van der Waals surface area contributed by atoms with E-state index < -0.39 is 0 Å². The molecule has 0 bridgehead atoms. The summed E-state index contributed by atoms with van der Waals surface area (Å²) in [5.41, 5.74) is 1.46. The van der Waals surface area contributed by atoms with Crippen LogP contribution >= 0.6 is 0 Å². The van der Waals surface area contributed by atoms with Crippen LogP contribution in [0.3, 0.4) is 0 Å². The fourth-order valence-electron chi connectivity index (χ4n) is 2.61. The highest BCUT2D eigenvalue weighted by Gasteiger charge is 2.14.